The molecule has 9 nitrogen and oxygen atoms in total. The number of nitrogens with one attached hydrogen (secondary N) is 2. The third kappa shape index (κ3) is 10.8. The molecule has 0 bridgehead atoms. The first-order valence-electron chi connectivity index (χ1n) is 16.6. The molecule has 4 fully saturated rings. The SMILES string of the molecule is CC(=O)O[C@@H](C)/C=C\C(=O)N[C@@H]1C[C@H](C)[C@H](C/C=C(C)/C=C/[C@@H]2C[C@]3(CO3)C[C@@H](CC(=O)NC3CCC(C)CC3)O2)O[C@@H]1C. The van der Waals surface area contributed by atoms with Crippen molar-refractivity contribution in [2.75, 3.05) is 6.61 Å². The largest absolute Gasteiger partial charge is 0.459 e. The van der Waals surface area contributed by atoms with Gasteiger partial charge in [-0.25, -0.2) is 0 Å². The molecule has 2 amide bonds. The molecule has 0 unspecified atom stereocenters. The molecule has 44 heavy (non-hydrogen) atoms. The van der Waals surface area contributed by atoms with Crippen molar-refractivity contribution in [3.63, 3.8) is 0 Å². The predicted molar refractivity (Wildman–Crippen MR) is 169 cm³/mol. The Morgan fingerprint density at radius 1 is 1.00 bits per heavy atom. The van der Waals surface area contributed by atoms with Gasteiger partial charge in [-0.3, -0.25) is 14.4 Å². The van der Waals surface area contributed by atoms with Crippen LogP contribution >= 0.6 is 0 Å². The first kappa shape index (κ1) is 34.4. The van der Waals surface area contributed by atoms with Crippen molar-refractivity contribution in [2.45, 2.75) is 148 Å². The molecule has 4 aliphatic rings. The number of carbonyl (C=O) groups excluding carboxylic acids is 3. The van der Waals surface area contributed by atoms with Crippen molar-refractivity contribution in [1.82, 2.24) is 10.6 Å². The van der Waals surface area contributed by atoms with Crippen LogP contribution in [0.4, 0.5) is 0 Å². The number of rotatable bonds is 11. The van der Waals surface area contributed by atoms with Gasteiger partial charge in [-0.1, -0.05) is 37.6 Å². The van der Waals surface area contributed by atoms with E-state index in [2.05, 4.69) is 49.6 Å². The summed E-state index contributed by atoms with van der Waals surface area (Å²) in [6.07, 6.45) is 16.8. The molecule has 1 spiro atoms. The number of esters is 1. The number of epoxide rings is 1. The summed E-state index contributed by atoms with van der Waals surface area (Å²) >= 11 is 0. The van der Waals surface area contributed by atoms with E-state index in [4.69, 9.17) is 18.9 Å². The maximum Gasteiger partial charge on any atom is 0.303 e. The lowest BCUT2D eigenvalue weighted by Gasteiger charge is -2.39. The van der Waals surface area contributed by atoms with E-state index in [1.165, 1.54) is 25.8 Å². The van der Waals surface area contributed by atoms with Gasteiger partial charge < -0.3 is 29.6 Å². The highest BCUT2D eigenvalue weighted by atomic mass is 16.6. The molecule has 4 rings (SSSR count). The van der Waals surface area contributed by atoms with Gasteiger partial charge in [0.15, 0.2) is 0 Å². The van der Waals surface area contributed by atoms with Crippen molar-refractivity contribution >= 4 is 17.8 Å². The zero-order valence-corrected chi connectivity index (χ0v) is 27.5. The van der Waals surface area contributed by atoms with E-state index in [0.717, 1.165) is 56.6 Å². The highest BCUT2D eigenvalue weighted by Crippen LogP contribution is 2.43. The normalized spacial score (nSPS) is 36.7. The van der Waals surface area contributed by atoms with Crippen molar-refractivity contribution in [1.29, 1.82) is 0 Å². The van der Waals surface area contributed by atoms with Crippen LogP contribution in [0.1, 0.15) is 99.3 Å². The Labute approximate surface area is 263 Å². The predicted octanol–water partition coefficient (Wildman–Crippen LogP) is 5.09. The molecular weight excluding hydrogens is 560 g/mol. The molecule has 8 atom stereocenters. The number of amides is 2. The monoisotopic (exact) mass is 614 g/mol. The van der Waals surface area contributed by atoms with Crippen LogP contribution in [0.25, 0.3) is 0 Å². The smallest absolute Gasteiger partial charge is 0.303 e. The Morgan fingerprint density at radius 2 is 1.73 bits per heavy atom. The topological polar surface area (TPSA) is 115 Å². The van der Waals surface area contributed by atoms with Crippen LogP contribution in [0.15, 0.2) is 36.0 Å². The summed E-state index contributed by atoms with van der Waals surface area (Å²) in [4.78, 5) is 36.3. The lowest BCUT2D eigenvalue weighted by Crippen LogP contribution is -2.50. The van der Waals surface area contributed by atoms with Crippen LogP contribution in [-0.2, 0) is 33.3 Å². The first-order valence-corrected chi connectivity index (χ1v) is 16.6. The molecule has 0 aromatic carbocycles. The number of hydrogen-bond donors (Lipinski definition) is 2. The van der Waals surface area contributed by atoms with E-state index in [-0.39, 0.29) is 59.8 Å². The van der Waals surface area contributed by atoms with Gasteiger partial charge in [0.05, 0.1) is 49.1 Å². The summed E-state index contributed by atoms with van der Waals surface area (Å²) in [6, 6.07) is 0.209. The van der Waals surface area contributed by atoms with E-state index in [1.54, 1.807) is 13.0 Å². The molecule has 3 saturated heterocycles. The quantitative estimate of drug-likeness (QED) is 0.144. The van der Waals surface area contributed by atoms with Crippen LogP contribution in [0.5, 0.6) is 0 Å². The second kappa shape index (κ2) is 15.7. The molecule has 3 aliphatic heterocycles. The van der Waals surface area contributed by atoms with Crippen molar-refractivity contribution in [3.05, 3.63) is 36.0 Å². The number of carbonyl (C=O) groups is 3. The van der Waals surface area contributed by atoms with Crippen LogP contribution in [0.2, 0.25) is 0 Å². The van der Waals surface area contributed by atoms with Crippen LogP contribution in [0, 0.1) is 11.8 Å². The van der Waals surface area contributed by atoms with Gasteiger partial charge in [0.25, 0.3) is 0 Å². The van der Waals surface area contributed by atoms with Gasteiger partial charge >= 0.3 is 5.97 Å². The van der Waals surface area contributed by atoms with Gasteiger partial charge in [0.2, 0.25) is 11.8 Å². The second-order valence-electron chi connectivity index (χ2n) is 13.8. The molecule has 246 valence electrons. The Morgan fingerprint density at radius 3 is 2.41 bits per heavy atom. The lowest BCUT2D eigenvalue weighted by atomic mass is 9.87. The molecule has 0 radical (unpaired) electrons. The second-order valence-corrected chi connectivity index (χ2v) is 13.8. The van der Waals surface area contributed by atoms with Crippen LogP contribution < -0.4 is 10.6 Å². The zero-order chi connectivity index (χ0) is 31.9. The van der Waals surface area contributed by atoms with E-state index in [0.29, 0.717) is 12.5 Å². The summed E-state index contributed by atoms with van der Waals surface area (Å²) in [5, 5.41) is 6.28. The highest BCUT2D eigenvalue weighted by molar-refractivity contribution is 5.87. The maximum atomic E-state index is 12.8. The fourth-order valence-corrected chi connectivity index (χ4v) is 6.77. The summed E-state index contributed by atoms with van der Waals surface area (Å²) in [7, 11) is 0. The third-order valence-corrected chi connectivity index (χ3v) is 9.55. The van der Waals surface area contributed by atoms with E-state index < -0.39 is 6.10 Å². The molecule has 2 N–H and O–H groups in total. The molecule has 0 aromatic rings. The molecule has 9 heteroatoms. The maximum absolute atomic E-state index is 12.8. The number of ether oxygens (including phenoxy) is 4. The fraction of sp³-hybridized carbons (Fsp3) is 0.743. The lowest BCUT2D eigenvalue weighted by molar-refractivity contribution is -0.143. The number of allylic oxidation sites excluding steroid dienone is 2. The summed E-state index contributed by atoms with van der Waals surface area (Å²) in [5.41, 5.74) is 0.997. The summed E-state index contributed by atoms with van der Waals surface area (Å²) < 4.78 is 23.6. The van der Waals surface area contributed by atoms with Gasteiger partial charge in [-0.05, 0) is 77.2 Å². The Kier molecular flexibility index (Phi) is 12.3. The van der Waals surface area contributed by atoms with Gasteiger partial charge in [-0.2, -0.15) is 0 Å². The average molecular weight is 615 g/mol. The molecule has 1 aliphatic carbocycles. The Bertz CT molecular complexity index is 1090. The minimum Gasteiger partial charge on any atom is -0.459 e. The Hall–Kier alpha value is -2.49. The standard InChI is InChI=1S/C35H54N2O7/c1-22-7-12-28(13-8-22)36-34(40)18-30-20-35(21-41-35)19-29(44-30)14-9-23(2)10-15-32-24(3)17-31(26(5)43-32)37-33(39)16-11-25(4)42-27(6)38/h9-11,14,16,22,24-26,28-32H,7-8,12-13,15,17-21H2,1-6H3,(H,36,40)(H,37,39)/b14-9+,16-11-,23-10+/t22?,24-,25-,26+,28?,29+,30+,31+,32-,35+/m0/s1. The zero-order valence-electron chi connectivity index (χ0n) is 27.5. The van der Waals surface area contributed by atoms with Crippen molar-refractivity contribution in [2.24, 2.45) is 11.8 Å². The summed E-state index contributed by atoms with van der Waals surface area (Å²) in [6.45, 7) is 12.3. The fourth-order valence-electron chi connectivity index (χ4n) is 6.77. The van der Waals surface area contributed by atoms with Gasteiger partial charge in [0, 0.05) is 31.9 Å². The van der Waals surface area contributed by atoms with Gasteiger partial charge in [-0.15, -0.1) is 0 Å². The minimum absolute atomic E-state index is 0.0605. The molecule has 3 heterocycles. The minimum atomic E-state index is -0.457. The van der Waals surface area contributed by atoms with E-state index in [1.807, 2.05) is 6.92 Å². The van der Waals surface area contributed by atoms with Crippen LogP contribution in [0.3, 0.4) is 0 Å². The average Bonchev–Trinajstić information content (AvgIpc) is 3.69. The molecular formula is C35H54N2O7. The number of hydrogen-bond acceptors (Lipinski definition) is 7. The Balaban J connectivity index is 1.22. The van der Waals surface area contributed by atoms with Gasteiger partial charge in [0.1, 0.15) is 6.10 Å². The van der Waals surface area contributed by atoms with Crippen molar-refractivity contribution < 1.29 is 33.3 Å². The first-order chi connectivity index (χ1) is 20.9. The molecule has 1 saturated carbocycles. The highest BCUT2D eigenvalue weighted by Gasteiger charge is 2.51. The van der Waals surface area contributed by atoms with E-state index >= 15 is 0 Å². The van der Waals surface area contributed by atoms with Crippen LogP contribution in [-0.4, -0.2) is 72.6 Å². The van der Waals surface area contributed by atoms with Crippen molar-refractivity contribution in [3.8, 4) is 0 Å². The summed E-state index contributed by atoms with van der Waals surface area (Å²) in [5.74, 6) is 0.519. The van der Waals surface area contributed by atoms with E-state index in [9.17, 15) is 14.4 Å². The third-order valence-electron chi connectivity index (χ3n) is 9.55. The molecule has 0 aromatic heterocycles.